The lowest BCUT2D eigenvalue weighted by atomic mass is 10.2. The predicted octanol–water partition coefficient (Wildman–Crippen LogP) is 4.74. The van der Waals surface area contributed by atoms with Gasteiger partial charge in [-0.3, -0.25) is 14.2 Å². The average molecular weight is 477 g/mol. The number of nitrogens with zero attached hydrogens (tertiary/aromatic N) is 3. The number of esters is 1. The number of para-hydroxylation sites is 2. The number of benzene rings is 3. The Morgan fingerprint density at radius 1 is 0.971 bits per heavy atom. The van der Waals surface area contributed by atoms with Gasteiger partial charge in [-0.25, -0.2) is 4.39 Å². The van der Waals surface area contributed by atoms with Gasteiger partial charge in [-0.2, -0.15) is 0 Å². The number of nitrogens with one attached hydrogen (secondary N) is 1. The summed E-state index contributed by atoms with van der Waals surface area (Å²) in [6.07, 6.45) is -0.963. The summed E-state index contributed by atoms with van der Waals surface area (Å²) in [7, 11) is 0. The van der Waals surface area contributed by atoms with Crippen LogP contribution in [0.4, 0.5) is 10.1 Å². The molecule has 0 fully saturated rings. The van der Waals surface area contributed by atoms with Crippen LogP contribution >= 0.6 is 11.8 Å². The second-order valence-electron chi connectivity index (χ2n) is 7.26. The third kappa shape index (κ3) is 5.68. The monoisotopic (exact) mass is 476 g/mol. The van der Waals surface area contributed by atoms with Crippen LogP contribution < -0.4 is 5.32 Å². The Hall–Kier alpha value is -3.98. The molecule has 0 aliphatic rings. The second kappa shape index (κ2) is 10.8. The molecule has 0 saturated heterocycles. The maximum atomic E-state index is 13.4. The fraction of sp³-hybridized carbons (Fsp3) is 0.120. The molecule has 0 spiro atoms. The number of ether oxygens (including phenoxy) is 1. The van der Waals surface area contributed by atoms with Crippen molar-refractivity contribution in [3.8, 4) is 17.1 Å². The first-order valence-corrected chi connectivity index (χ1v) is 11.4. The first kappa shape index (κ1) is 23.2. The summed E-state index contributed by atoms with van der Waals surface area (Å²) in [5, 5.41) is 11.7. The number of rotatable bonds is 8. The molecule has 1 heterocycles. The molecule has 1 unspecified atom stereocenters. The number of anilines is 1. The average Bonchev–Trinajstić information content (AvgIpc) is 3.28. The Kier molecular flexibility index (Phi) is 7.34. The minimum absolute atomic E-state index is 0.0721. The molecule has 1 aromatic heterocycles. The van der Waals surface area contributed by atoms with E-state index in [-0.39, 0.29) is 11.6 Å². The van der Waals surface area contributed by atoms with E-state index in [0.29, 0.717) is 22.2 Å². The lowest BCUT2D eigenvalue weighted by molar-refractivity contribution is -0.150. The van der Waals surface area contributed by atoms with E-state index in [2.05, 4.69) is 15.5 Å². The summed E-state index contributed by atoms with van der Waals surface area (Å²) in [4.78, 5) is 24.7. The van der Waals surface area contributed by atoms with Crippen LogP contribution in [0.5, 0.6) is 0 Å². The van der Waals surface area contributed by atoms with Crippen LogP contribution in [-0.2, 0) is 14.3 Å². The van der Waals surface area contributed by atoms with Gasteiger partial charge in [0.05, 0.1) is 5.75 Å². The van der Waals surface area contributed by atoms with Gasteiger partial charge >= 0.3 is 5.97 Å². The van der Waals surface area contributed by atoms with Gasteiger partial charge in [-0.05, 0) is 55.5 Å². The molecule has 4 aromatic rings. The molecule has 0 radical (unpaired) electrons. The minimum atomic E-state index is -0.963. The van der Waals surface area contributed by atoms with Crippen LogP contribution in [0.2, 0.25) is 0 Å². The Morgan fingerprint density at radius 3 is 2.29 bits per heavy atom. The summed E-state index contributed by atoms with van der Waals surface area (Å²) >= 11 is 1.14. The van der Waals surface area contributed by atoms with Gasteiger partial charge in [0.15, 0.2) is 17.1 Å². The van der Waals surface area contributed by atoms with Gasteiger partial charge in [-0.1, -0.05) is 48.2 Å². The van der Waals surface area contributed by atoms with Crippen LogP contribution in [0, 0.1) is 5.82 Å². The van der Waals surface area contributed by atoms with Crippen molar-refractivity contribution in [2.45, 2.75) is 18.2 Å². The standard InChI is InChI=1S/C25H21FN4O3S/c1-17(24(32)27-20-8-4-2-5-9-20)33-22(31)16-34-25-29-28-23(18-12-14-19(26)15-13-18)30(25)21-10-6-3-7-11-21/h2-15,17H,16H2,1H3,(H,27,32). The maximum absolute atomic E-state index is 13.4. The first-order valence-electron chi connectivity index (χ1n) is 10.5. The number of carbonyl (C=O) groups excluding carboxylic acids is 2. The topological polar surface area (TPSA) is 86.1 Å². The van der Waals surface area contributed by atoms with Crippen molar-refractivity contribution in [3.63, 3.8) is 0 Å². The Morgan fingerprint density at radius 2 is 1.62 bits per heavy atom. The van der Waals surface area contributed by atoms with Crippen LogP contribution in [0.1, 0.15) is 6.92 Å². The fourth-order valence-electron chi connectivity index (χ4n) is 3.13. The summed E-state index contributed by atoms with van der Waals surface area (Å²) in [5.74, 6) is -0.894. The van der Waals surface area contributed by atoms with E-state index in [9.17, 15) is 14.0 Å². The van der Waals surface area contributed by atoms with Crippen molar-refractivity contribution in [2.75, 3.05) is 11.1 Å². The van der Waals surface area contributed by atoms with E-state index in [1.54, 1.807) is 41.0 Å². The van der Waals surface area contributed by atoms with E-state index in [4.69, 9.17) is 4.74 Å². The number of halogens is 1. The maximum Gasteiger partial charge on any atom is 0.317 e. The molecule has 34 heavy (non-hydrogen) atoms. The number of aromatic nitrogens is 3. The van der Waals surface area contributed by atoms with Gasteiger partial charge in [-0.15, -0.1) is 10.2 Å². The molecule has 0 saturated carbocycles. The van der Waals surface area contributed by atoms with Crippen LogP contribution in [-0.4, -0.2) is 38.5 Å². The molecule has 172 valence electrons. The van der Waals surface area contributed by atoms with Gasteiger partial charge in [0.1, 0.15) is 5.82 Å². The Bertz CT molecular complexity index is 1260. The lowest BCUT2D eigenvalue weighted by Gasteiger charge is -2.14. The van der Waals surface area contributed by atoms with E-state index in [0.717, 1.165) is 17.4 Å². The number of amides is 1. The van der Waals surface area contributed by atoms with Crippen molar-refractivity contribution in [1.82, 2.24) is 14.8 Å². The minimum Gasteiger partial charge on any atom is -0.452 e. The van der Waals surface area contributed by atoms with Gasteiger partial charge in [0.2, 0.25) is 0 Å². The molecule has 9 heteroatoms. The van der Waals surface area contributed by atoms with Gasteiger partial charge in [0.25, 0.3) is 5.91 Å². The number of thioether (sulfide) groups is 1. The molecular weight excluding hydrogens is 455 g/mol. The SMILES string of the molecule is CC(OC(=O)CSc1nnc(-c2ccc(F)cc2)n1-c1ccccc1)C(=O)Nc1ccccc1. The molecule has 1 N–H and O–H groups in total. The normalized spacial score (nSPS) is 11.6. The van der Waals surface area contributed by atoms with Crippen molar-refractivity contribution in [2.24, 2.45) is 0 Å². The van der Waals surface area contributed by atoms with Crippen LogP contribution in [0.15, 0.2) is 90.1 Å². The molecule has 0 bridgehead atoms. The largest absolute Gasteiger partial charge is 0.452 e. The number of hydrogen-bond acceptors (Lipinski definition) is 6. The highest BCUT2D eigenvalue weighted by Crippen LogP contribution is 2.28. The lowest BCUT2D eigenvalue weighted by Crippen LogP contribution is -2.30. The Labute approximate surface area is 200 Å². The highest BCUT2D eigenvalue weighted by Gasteiger charge is 2.21. The third-order valence-corrected chi connectivity index (χ3v) is 5.69. The molecule has 1 amide bonds. The zero-order valence-electron chi connectivity index (χ0n) is 18.2. The van der Waals surface area contributed by atoms with Crippen molar-refractivity contribution >= 4 is 29.3 Å². The zero-order valence-corrected chi connectivity index (χ0v) is 19.0. The van der Waals surface area contributed by atoms with Crippen LogP contribution in [0.3, 0.4) is 0 Å². The molecule has 0 aliphatic carbocycles. The highest BCUT2D eigenvalue weighted by molar-refractivity contribution is 7.99. The van der Waals surface area contributed by atoms with Gasteiger partial charge < -0.3 is 10.1 Å². The predicted molar refractivity (Wildman–Crippen MR) is 128 cm³/mol. The summed E-state index contributed by atoms with van der Waals surface area (Å²) in [6, 6.07) is 24.3. The quantitative estimate of drug-likeness (QED) is 0.292. The smallest absolute Gasteiger partial charge is 0.317 e. The molecular formula is C25H21FN4O3S. The second-order valence-corrected chi connectivity index (χ2v) is 8.20. The van der Waals surface area contributed by atoms with E-state index < -0.39 is 18.0 Å². The van der Waals surface area contributed by atoms with Crippen molar-refractivity contribution in [3.05, 3.63) is 90.7 Å². The number of hydrogen-bond donors (Lipinski definition) is 1. The molecule has 3 aromatic carbocycles. The highest BCUT2D eigenvalue weighted by atomic mass is 32.2. The third-order valence-electron chi connectivity index (χ3n) is 4.79. The Balaban J connectivity index is 1.45. The molecule has 4 rings (SSSR count). The van der Waals surface area contributed by atoms with Crippen molar-refractivity contribution in [1.29, 1.82) is 0 Å². The van der Waals surface area contributed by atoms with Crippen molar-refractivity contribution < 1.29 is 18.7 Å². The van der Waals surface area contributed by atoms with Crippen LogP contribution in [0.25, 0.3) is 17.1 Å². The van der Waals surface area contributed by atoms with E-state index in [1.165, 1.54) is 19.1 Å². The first-order chi connectivity index (χ1) is 16.5. The molecule has 7 nitrogen and oxygen atoms in total. The summed E-state index contributed by atoms with van der Waals surface area (Å²) in [6.45, 7) is 1.51. The molecule has 1 atom stereocenters. The van der Waals surface area contributed by atoms with E-state index >= 15 is 0 Å². The fourth-order valence-corrected chi connectivity index (χ4v) is 3.87. The zero-order chi connectivity index (χ0) is 23.9. The molecule has 0 aliphatic heterocycles. The van der Waals surface area contributed by atoms with Gasteiger partial charge in [0, 0.05) is 16.9 Å². The summed E-state index contributed by atoms with van der Waals surface area (Å²) in [5.41, 5.74) is 2.09. The summed E-state index contributed by atoms with van der Waals surface area (Å²) < 4.78 is 20.5. The number of carbonyl (C=O) groups is 2. The van der Waals surface area contributed by atoms with E-state index in [1.807, 2.05) is 36.4 Å².